The minimum atomic E-state index is -0.113. The summed E-state index contributed by atoms with van der Waals surface area (Å²) in [7, 11) is 0. The number of rotatable bonds is 3. The maximum absolute atomic E-state index is 10.4. The monoisotopic (exact) mass is 198 g/mol. The van der Waals surface area contributed by atoms with Gasteiger partial charge in [0.05, 0.1) is 12.7 Å². The van der Waals surface area contributed by atoms with E-state index in [-0.39, 0.29) is 11.5 Å². The molecule has 0 aromatic heterocycles. The molecule has 2 fully saturated rings. The molecule has 0 spiro atoms. The first-order valence-electron chi connectivity index (χ1n) is 6.04. The zero-order valence-corrected chi connectivity index (χ0v) is 9.17. The van der Waals surface area contributed by atoms with Crippen LogP contribution in [0.15, 0.2) is 0 Å². The highest BCUT2D eigenvalue weighted by molar-refractivity contribution is 4.93. The van der Waals surface area contributed by atoms with Gasteiger partial charge in [0.15, 0.2) is 0 Å². The lowest BCUT2D eigenvalue weighted by atomic mass is 9.73. The molecule has 0 aromatic rings. The van der Waals surface area contributed by atoms with Crippen molar-refractivity contribution in [1.29, 1.82) is 0 Å². The van der Waals surface area contributed by atoms with Crippen molar-refractivity contribution in [2.24, 2.45) is 11.3 Å². The third-order valence-electron chi connectivity index (χ3n) is 4.34. The molecule has 2 rings (SSSR count). The summed E-state index contributed by atoms with van der Waals surface area (Å²) in [5.41, 5.74) is 0.234. The molecular weight excluding hydrogens is 176 g/mol. The van der Waals surface area contributed by atoms with Gasteiger partial charge in [-0.05, 0) is 31.1 Å². The summed E-state index contributed by atoms with van der Waals surface area (Å²) in [5, 5.41) is 10.4. The second kappa shape index (κ2) is 4.19. The van der Waals surface area contributed by atoms with Gasteiger partial charge < -0.3 is 9.84 Å². The first-order valence-corrected chi connectivity index (χ1v) is 6.04. The van der Waals surface area contributed by atoms with Crippen LogP contribution in [-0.2, 0) is 4.74 Å². The van der Waals surface area contributed by atoms with Crippen molar-refractivity contribution in [2.45, 2.75) is 51.6 Å². The third-order valence-corrected chi connectivity index (χ3v) is 4.34. The Labute approximate surface area is 86.6 Å². The average Bonchev–Trinajstić information content (AvgIpc) is 2.89. The largest absolute Gasteiger partial charge is 0.392 e. The predicted octanol–water partition coefficient (Wildman–Crippen LogP) is 2.35. The summed E-state index contributed by atoms with van der Waals surface area (Å²) < 4.78 is 5.37. The lowest BCUT2D eigenvalue weighted by Crippen LogP contribution is -2.38. The number of ether oxygens (including phenoxy) is 1. The topological polar surface area (TPSA) is 29.5 Å². The molecule has 1 saturated carbocycles. The number of aliphatic hydroxyl groups excluding tert-OH is 1. The first-order chi connectivity index (χ1) is 6.78. The normalized spacial score (nSPS) is 33.4. The van der Waals surface area contributed by atoms with E-state index < -0.39 is 0 Å². The zero-order chi connectivity index (χ0) is 10.0. The van der Waals surface area contributed by atoms with Gasteiger partial charge >= 0.3 is 0 Å². The first kappa shape index (κ1) is 10.4. The van der Waals surface area contributed by atoms with Gasteiger partial charge in [-0.3, -0.25) is 0 Å². The molecule has 2 nitrogen and oxygen atoms in total. The van der Waals surface area contributed by atoms with Gasteiger partial charge in [-0.2, -0.15) is 0 Å². The molecule has 2 atom stereocenters. The van der Waals surface area contributed by atoms with Crippen LogP contribution in [0.1, 0.15) is 45.4 Å². The Morgan fingerprint density at radius 3 is 2.64 bits per heavy atom. The van der Waals surface area contributed by atoms with E-state index in [0.29, 0.717) is 5.92 Å². The number of hydrogen-bond acceptors (Lipinski definition) is 2. The van der Waals surface area contributed by atoms with Crippen molar-refractivity contribution < 1.29 is 9.84 Å². The zero-order valence-electron chi connectivity index (χ0n) is 9.17. The molecular formula is C12H22O2. The van der Waals surface area contributed by atoms with Crippen molar-refractivity contribution in [2.75, 3.05) is 13.2 Å². The highest BCUT2D eigenvalue weighted by Gasteiger charge is 2.43. The van der Waals surface area contributed by atoms with E-state index in [1.165, 1.54) is 25.7 Å². The lowest BCUT2D eigenvalue weighted by molar-refractivity contribution is -0.0216. The van der Waals surface area contributed by atoms with Crippen LogP contribution in [0.25, 0.3) is 0 Å². The summed E-state index contributed by atoms with van der Waals surface area (Å²) in [6.45, 7) is 3.86. The average molecular weight is 198 g/mol. The molecule has 1 aliphatic heterocycles. The fourth-order valence-corrected chi connectivity index (χ4v) is 3.24. The predicted molar refractivity (Wildman–Crippen MR) is 56.1 cm³/mol. The molecule has 0 radical (unpaired) electrons. The van der Waals surface area contributed by atoms with Crippen molar-refractivity contribution in [3.05, 3.63) is 0 Å². The van der Waals surface area contributed by atoms with Gasteiger partial charge in [-0.25, -0.2) is 0 Å². The van der Waals surface area contributed by atoms with Crippen LogP contribution in [0.3, 0.4) is 0 Å². The molecule has 2 aliphatic rings. The van der Waals surface area contributed by atoms with Crippen molar-refractivity contribution >= 4 is 0 Å². The Bertz CT molecular complexity index is 179. The molecule has 0 amide bonds. The summed E-state index contributed by atoms with van der Waals surface area (Å²) in [5.74, 6) is 0.410. The molecule has 82 valence electrons. The summed E-state index contributed by atoms with van der Waals surface area (Å²) in [6, 6.07) is 0. The van der Waals surface area contributed by atoms with Gasteiger partial charge in [0.2, 0.25) is 0 Å². The Morgan fingerprint density at radius 2 is 2.14 bits per heavy atom. The van der Waals surface area contributed by atoms with Gasteiger partial charge in [-0.15, -0.1) is 0 Å². The summed E-state index contributed by atoms with van der Waals surface area (Å²) in [4.78, 5) is 0. The molecule has 1 saturated heterocycles. The fraction of sp³-hybridized carbons (Fsp3) is 1.00. The molecule has 1 heterocycles. The highest BCUT2D eigenvalue weighted by Crippen LogP contribution is 2.46. The Morgan fingerprint density at radius 1 is 1.43 bits per heavy atom. The van der Waals surface area contributed by atoms with E-state index in [1.807, 2.05) is 0 Å². The maximum Gasteiger partial charge on any atom is 0.0647 e. The van der Waals surface area contributed by atoms with Crippen LogP contribution in [0.2, 0.25) is 0 Å². The van der Waals surface area contributed by atoms with Crippen LogP contribution < -0.4 is 0 Å². The van der Waals surface area contributed by atoms with Crippen LogP contribution in [-0.4, -0.2) is 24.4 Å². The highest BCUT2D eigenvalue weighted by atomic mass is 16.5. The van der Waals surface area contributed by atoms with Crippen molar-refractivity contribution in [3.63, 3.8) is 0 Å². The minimum absolute atomic E-state index is 0.113. The maximum atomic E-state index is 10.4. The number of hydrogen-bond donors (Lipinski definition) is 1. The quantitative estimate of drug-likeness (QED) is 0.754. The second-order valence-corrected chi connectivity index (χ2v) is 4.99. The van der Waals surface area contributed by atoms with Crippen LogP contribution in [0.5, 0.6) is 0 Å². The van der Waals surface area contributed by atoms with E-state index in [4.69, 9.17) is 4.74 Å². The minimum Gasteiger partial charge on any atom is -0.392 e. The van der Waals surface area contributed by atoms with Crippen molar-refractivity contribution in [3.8, 4) is 0 Å². The second-order valence-electron chi connectivity index (χ2n) is 4.99. The molecule has 2 unspecified atom stereocenters. The van der Waals surface area contributed by atoms with Gasteiger partial charge in [0.25, 0.3) is 0 Å². The molecule has 1 N–H and O–H groups in total. The SMILES string of the molecule is CCC1(C(O)C2CCOC2)CCCC1. The smallest absolute Gasteiger partial charge is 0.0647 e. The van der Waals surface area contributed by atoms with E-state index in [9.17, 15) is 5.11 Å². The van der Waals surface area contributed by atoms with E-state index in [1.54, 1.807) is 0 Å². The van der Waals surface area contributed by atoms with Crippen LogP contribution in [0, 0.1) is 11.3 Å². The van der Waals surface area contributed by atoms with Gasteiger partial charge in [0.1, 0.15) is 0 Å². The fourth-order valence-electron chi connectivity index (χ4n) is 3.24. The van der Waals surface area contributed by atoms with E-state index in [0.717, 1.165) is 26.1 Å². The standard InChI is InChI=1S/C12H22O2/c1-2-12(6-3-4-7-12)11(13)10-5-8-14-9-10/h10-11,13H,2-9H2,1H3. The number of aliphatic hydroxyl groups is 1. The summed E-state index contributed by atoms with van der Waals surface area (Å²) in [6.07, 6.45) is 7.13. The molecule has 0 aromatic carbocycles. The van der Waals surface area contributed by atoms with E-state index >= 15 is 0 Å². The van der Waals surface area contributed by atoms with Crippen LogP contribution in [0.4, 0.5) is 0 Å². The molecule has 2 heteroatoms. The third kappa shape index (κ3) is 1.70. The molecule has 0 bridgehead atoms. The van der Waals surface area contributed by atoms with E-state index in [2.05, 4.69) is 6.92 Å². The van der Waals surface area contributed by atoms with Crippen molar-refractivity contribution in [1.82, 2.24) is 0 Å². The Hall–Kier alpha value is -0.0800. The van der Waals surface area contributed by atoms with Gasteiger partial charge in [0, 0.05) is 12.5 Å². The molecule has 1 aliphatic carbocycles. The summed E-state index contributed by atoms with van der Waals surface area (Å²) >= 11 is 0. The molecule has 14 heavy (non-hydrogen) atoms. The van der Waals surface area contributed by atoms with Crippen LogP contribution >= 0.6 is 0 Å². The lowest BCUT2D eigenvalue weighted by Gasteiger charge is -2.36. The Balaban J connectivity index is 2.02. The van der Waals surface area contributed by atoms with Gasteiger partial charge in [-0.1, -0.05) is 19.8 Å². The Kier molecular flexibility index (Phi) is 3.13.